The van der Waals surface area contributed by atoms with E-state index in [9.17, 15) is 0 Å². The van der Waals surface area contributed by atoms with Crippen molar-refractivity contribution in [2.24, 2.45) is 0 Å². The van der Waals surface area contributed by atoms with Crippen molar-refractivity contribution in [3.8, 4) is 10.6 Å². The Morgan fingerprint density at radius 2 is 2.00 bits per heavy atom. The second-order valence-electron chi connectivity index (χ2n) is 5.65. The molecule has 0 spiro atoms. The first kappa shape index (κ1) is 12.8. The van der Waals surface area contributed by atoms with Crippen LogP contribution in [0.1, 0.15) is 42.8 Å². The Morgan fingerprint density at radius 1 is 1.26 bits per heavy atom. The summed E-state index contributed by atoms with van der Waals surface area (Å²) in [5, 5.41) is 4.66. The zero-order chi connectivity index (χ0) is 13.4. The molecule has 100 valence electrons. The molecule has 3 heteroatoms. The van der Waals surface area contributed by atoms with Crippen LogP contribution in [0.15, 0.2) is 24.3 Å². The molecule has 0 saturated carbocycles. The molecule has 0 saturated heterocycles. The molecule has 1 unspecified atom stereocenters. The van der Waals surface area contributed by atoms with Gasteiger partial charge in [-0.2, -0.15) is 0 Å². The second kappa shape index (κ2) is 5.06. The van der Waals surface area contributed by atoms with Crippen LogP contribution in [0.3, 0.4) is 0 Å². The van der Waals surface area contributed by atoms with E-state index in [4.69, 9.17) is 4.98 Å². The summed E-state index contributed by atoms with van der Waals surface area (Å²) in [5.74, 6) is 0.587. The molecule has 0 amide bonds. The third-order valence-electron chi connectivity index (χ3n) is 3.71. The van der Waals surface area contributed by atoms with Crippen LogP contribution < -0.4 is 5.32 Å². The highest BCUT2D eigenvalue weighted by Crippen LogP contribution is 2.31. The van der Waals surface area contributed by atoms with Gasteiger partial charge < -0.3 is 5.32 Å². The maximum atomic E-state index is 4.82. The van der Waals surface area contributed by atoms with Crippen molar-refractivity contribution in [2.75, 3.05) is 0 Å². The van der Waals surface area contributed by atoms with Gasteiger partial charge in [0.15, 0.2) is 0 Å². The van der Waals surface area contributed by atoms with Gasteiger partial charge in [0.2, 0.25) is 0 Å². The van der Waals surface area contributed by atoms with Gasteiger partial charge in [0.1, 0.15) is 5.01 Å². The fourth-order valence-electron chi connectivity index (χ4n) is 2.44. The van der Waals surface area contributed by atoms with Crippen LogP contribution in [0.25, 0.3) is 10.6 Å². The minimum absolute atomic E-state index is 0.547. The van der Waals surface area contributed by atoms with E-state index in [1.165, 1.54) is 21.7 Å². The zero-order valence-electron chi connectivity index (χ0n) is 11.7. The summed E-state index contributed by atoms with van der Waals surface area (Å²) in [6, 6.07) is 9.40. The number of rotatable bonds is 2. The summed E-state index contributed by atoms with van der Waals surface area (Å²) < 4.78 is 0. The van der Waals surface area contributed by atoms with Gasteiger partial charge in [0.25, 0.3) is 0 Å². The molecule has 1 atom stereocenters. The van der Waals surface area contributed by atoms with E-state index < -0.39 is 0 Å². The number of nitrogens with zero attached hydrogens (tertiary/aromatic N) is 1. The lowest BCUT2D eigenvalue weighted by atomic mass is 10.0. The SMILES string of the molecule is CC1Cc2nc(-c3ccc(C(C)C)cc3)sc2CN1. The van der Waals surface area contributed by atoms with Crippen LogP contribution in [0.5, 0.6) is 0 Å². The van der Waals surface area contributed by atoms with E-state index >= 15 is 0 Å². The number of hydrogen-bond acceptors (Lipinski definition) is 3. The lowest BCUT2D eigenvalue weighted by Crippen LogP contribution is -2.32. The minimum atomic E-state index is 0.547. The van der Waals surface area contributed by atoms with Gasteiger partial charge in [-0.15, -0.1) is 11.3 Å². The van der Waals surface area contributed by atoms with Crippen LogP contribution in [0.4, 0.5) is 0 Å². The third-order valence-corrected chi connectivity index (χ3v) is 4.86. The predicted octanol–water partition coefficient (Wildman–Crippen LogP) is 3.97. The molecule has 1 aliphatic rings. The number of benzene rings is 1. The van der Waals surface area contributed by atoms with Crippen LogP contribution in [0.2, 0.25) is 0 Å². The Balaban J connectivity index is 1.90. The van der Waals surface area contributed by atoms with Gasteiger partial charge in [-0.05, 0) is 18.4 Å². The summed E-state index contributed by atoms with van der Waals surface area (Å²) in [6.45, 7) is 7.64. The van der Waals surface area contributed by atoms with Crippen molar-refractivity contribution in [1.29, 1.82) is 0 Å². The van der Waals surface area contributed by atoms with Crippen LogP contribution in [-0.4, -0.2) is 11.0 Å². The Labute approximate surface area is 118 Å². The van der Waals surface area contributed by atoms with Crippen molar-refractivity contribution in [3.05, 3.63) is 40.4 Å². The fourth-order valence-corrected chi connectivity index (χ4v) is 3.49. The molecule has 0 fully saturated rings. The van der Waals surface area contributed by atoms with Gasteiger partial charge in [0.05, 0.1) is 5.69 Å². The Morgan fingerprint density at radius 3 is 2.68 bits per heavy atom. The van der Waals surface area contributed by atoms with E-state index in [1.54, 1.807) is 0 Å². The average molecular weight is 272 g/mol. The van der Waals surface area contributed by atoms with E-state index in [1.807, 2.05) is 11.3 Å². The molecule has 0 aliphatic carbocycles. The summed E-state index contributed by atoms with van der Waals surface area (Å²) in [5.41, 5.74) is 3.93. The molecular formula is C16H20N2S. The molecule has 3 rings (SSSR count). The molecular weight excluding hydrogens is 252 g/mol. The van der Waals surface area contributed by atoms with E-state index in [0.29, 0.717) is 12.0 Å². The first-order chi connectivity index (χ1) is 9.13. The van der Waals surface area contributed by atoms with E-state index in [2.05, 4.69) is 50.4 Å². The number of fused-ring (bicyclic) bond motifs is 1. The molecule has 1 aliphatic heterocycles. The molecule has 1 N–H and O–H groups in total. The maximum absolute atomic E-state index is 4.82. The highest BCUT2D eigenvalue weighted by Gasteiger charge is 2.19. The largest absolute Gasteiger partial charge is 0.309 e. The molecule has 0 radical (unpaired) electrons. The normalized spacial score (nSPS) is 18.6. The molecule has 2 aromatic rings. The Hall–Kier alpha value is -1.19. The molecule has 2 nitrogen and oxygen atoms in total. The predicted molar refractivity (Wildman–Crippen MR) is 81.6 cm³/mol. The maximum Gasteiger partial charge on any atom is 0.123 e. The van der Waals surface area contributed by atoms with Crippen molar-refractivity contribution in [3.63, 3.8) is 0 Å². The monoisotopic (exact) mass is 272 g/mol. The highest BCUT2D eigenvalue weighted by molar-refractivity contribution is 7.15. The Bertz CT molecular complexity index is 569. The van der Waals surface area contributed by atoms with Gasteiger partial charge in [-0.1, -0.05) is 38.1 Å². The van der Waals surface area contributed by atoms with Crippen molar-refractivity contribution >= 4 is 11.3 Å². The van der Waals surface area contributed by atoms with Gasteiger partial charge in [-0.25, -0.2) is 4.98 Å². The zero-order valence-corrected chi connectivity index (χ0v) is 12.6. The van der Waals surface area contributed by atoms with Gasteiger partial charge in [0, 0.05) is 29.4 Å². The molecule has 0 bridgehead atoms. The summed E-state index contributed by atoms with van der Waals surface area (Å²) >= 11 is 1.83. The first-order valence-corrected chi connectivity index (χ1v) is 7.77. The van der Waals surface area contributed by atoms with Crippen LogP contribution in [-0.2, 0) is 13.0 Å². The van der Waals surface area contributed by atoms with Crippen molar-refractivity contribution in [1.82, 2.24) is 10.3 Å². The quantitative estimate of drug-likeness (QED) is 0.895. The lowest BCUT2D eigenvalue weighted by Gasteiger charge is -2.18. The Kier molecular flexibility index (Phi) is 3.42. The van der Waals surface area contributed by atoms with E-state index in [-0.39, 0.29) is 0 Å². The van der Waals surface area contributed by atoms with Crippen molar-refractivity contribution in [2.45, 2.75) is 45.7 Å². The summed E-state index contributed by atoms with van der Waals surface area (Å²) in [6.07, 6.45) is 1.05. The number of nitrogens with one attached hydrogen (secondary N) is 1. The number of hydrogen-bond donors (Lipinski definition) is 1. The summed E-state index contributed by atoms with van der Waals surface area (Å²) in [7, 11) is 0. The van der Waals surface area contributed by atoms with Gasteiger partial charge >= 0.3 is 0 Å². The average Bonchev–Trinajstić information content (AvgIpc) is 2.81. The third kappa shape index (κ3) is 2.58. The standard InChI is InChI=1S/C16H20N2S/c1-10(2)12-4-6-13(7-5-12)16-18-14-8-11(3)17-9-15(14)19-16/h4-7,10-11,17H,8-9H2,1-3H3. The van der Waals surface area contributed by atoms with E-state index in [0.717, 1.165) is 18.0 Å². The highest BCUT2D eigenvalue weighted by atomic mass is 32.1. The van der Waals surface area contributed by atoms with Crippen LogP contribution >= 0.6 is 11.3 Å². The minimum Gasteiger partial charge on any atom is -0.309 e. The van der Waals surface area contributed by atoms with Gasteiger partial charge in [-0.3, -0.25) is 0 Å². The molecule has 1 aromatic carbocycles. The lowest BCUT2D eigenvalue weighted by molar-refractivity contribution is 0.513. The topological polar surface area (TPSA) is 24.9 Å². The molecule has 2 heterocycles. The molecule has 1 aromatic heterocycles. The first-order valence-electron chi connectivity index (χ1n) is 6.96. The van der Waals surface area contributed by atoms with Crippen LogP contribution in [0, 0.1) is 0 Å². The fraction of sp³-hybridized carbons (Fsp3) is 0.438. The number of thiazole rings is 1. The second-order valence-corrected chi connectivity index (χ2v) is 6.74. The smallest absolute Gasteiger partial charge is 0.123 e. The number of aromatic nitrogens is 1. The summed E-state index contributed by atoms with van der Waals surface area (Å²) in [4.78, 5) is 6.23. The van der Waals surface area contributed by atoms with Crippen molar-refractivity contribution < 1.29 is 0 Å². The molecule has 19 heavy (non-hydrogen) atoms.